The van der Waals surface area contributed by atoms with Crippen LogP contribution in [-0.4, -0.2) is 37.4 Å². The summed E-state index contributed by atoms with van der Waals surface area (Å²) in [6.45, 7) is 1.69. The van der Waals surface area contributed by atoms with Crippen molar-refractivity contribution in [2.24, 2.45) is 0 Å². The topological polar surface area (TPSA) is 98.2 Å². The number of nitrogens with one attached hydrogen (secondary N) is 1. The Morgan fingerprint density at radius 2 is 1.76 bits per heavy atom. The van der Waals surface area contributed by atoms with Crippen LogP contribution in [0.5, 0.6) is 0 Å². The van der Waals surface area contributed by atoms with E-state index in [1.54, 1.807) is 31.2 Å². The molecule has 4 aromatic rings. The summed E-state index contributed by atoms with van der Waals surface area (Å²) < 4.78 is 66.6. The Hall–Kier alpha value is -3.80. The van der Waals surface area contributed by atoms with E-state index in [0.717, 1.165) is 0 Å². The number of carbonyl (C=O) groups excluding carboxylic acids is 1. The van der Waals surface area contributed by atoms with Crippen LogP contribution in [0.1, 0.15) is 30.3 Å². The fraction of sp³-hybridized carbons (Fsp3) is 0.250. The van der Waals surface area contributed by atoms with Crippen LogP contribution in [0.3, 0.4) is 0 Å². The highest BCUT2D eigenvalue weighted by Crippen LogP contribution is 2.45. The van der Waals surface area contributed by atoms with Crippen LogP contribution >= 0.6 is 11.6 Å². The van der Waals surface area contributed by atoms with Gasteiger partial charge in [-0.2, -0.15) is 22.0 Å². The maximum absolute atomic E-state index is 13.6. The summed E-state index contributed by atoms with van der Waals surface area (Å²) in [5, 5.41) is 2.92. The first-order valence-corrected chi connectivity index (χ1v) is 11.4. The molecule has 0 spiro atoms. The van der Waals surface area contributed by atoms with Gasteiger partial charge in [-0.25, -0.2) is 15.0 Å². The van der Waals surface area contributed by atoms with E-state index in [1.807, 2.05) is 6.07 Å². The molecule has 0 aliphatic carbocycles. The van der Waals surface area contributed by atoms with Crippen molar-refractivity contribution in [2.75, 3.05) is 11.1 Å². The van der Waals surface area contributed by atoms with Gasteiger partial charge < -0.3 is 15.5 Å². The second-order valence-corrected chi connectivity index (χ2v) is 9.22. The molecule has 0 fully saturated rings. The second-order valence-electron chi connectivity index (χ2n) is 8.78. The summed E-state index contributed by atoms with van der Waals surface area (Å²) in [5.74, 6) is -5.27. The molecule has 1 amide bonds. The van der Waals surface area contributed by atoms with Crippen LogP contribution in [0.15, 0.2) is 48.7 Å². The van der Waals surface area contributed by atoms with E-state index in [9.17, 15) is 26.7 Å². The van der Waals surface area contributed by atoms with Crippen LogP contribution in [0.4, 0.5) is 33.6 Å². The number of fused-ring (bicyclic) bond motifs is 2. The third kappa shape index (κ3) is 3.95. The molecule has 0 saturated heterocycles. The number of pyridine rings is 1. The largest absolute Gasteiger partial charge is 0.453 e. The van der Waals surface area contributed by atoms with Gasteiger partial charge in [-0.1, -0.05) is 41.9 Å². The van der Waals surface area contributed by atoms with Gasteiger partial charge in [0.15, 0.2) is 5.82 Å². The van der Waals surface area contributed by atoms with Gasteiger partial charge in [0.1, 0.15) is 28.6 Å². The molecule has 1 aromatic carbocycles. The van der Waals surface area contributed by atoms with Crippen LogP contribution in [0.25, 0.3) is 17.0 Å². The molecule has 1 aliphatic rings. The Morgan fingerprint density at radius 1 is 1.05 bits per heavy atom. The van der Waals surface area contributed by atoms with Crippen molar-refractivity contribution in [1.29, 1.82) is 0 Å². The third-order valence-corrected chi connectivity index (χ3v) is 6.66. The smallest absolute Gasteiger partial charge is 0.383 e. The van der Waals surface area contributed by atoms with Crippen LogP contribution in [-0.2, 0) is 16.6 Å². The van der Waals surface area contributed by atoms with Crippen LogP contribution < -0.4 is 11.1 Å². The number of hydrogen-bond acceptors (Lipinski definition) is 5. The summed E-state index contributed by atoms with van der Waals surface area (Å²) in [7, 11) is 0. The van der Waals surface area contributed by atoms with Crippen molar-refractivity contribution in [3.8, 4) is 11.5 Å². The monoisotopic (exact) mass is 536 g/mol. The Labute approximate surface area is 211 Å². The minimum atomic E-state index is -5.69. The highest BCUT2D eigenvalue weighted by Gasteiger charge is 2.56. The molecule has 3 N–H and O–H groups in total. The third-order valence-electron chi connectivity index (χ3n) is 6.44. The van der Waals surface area contributed by atoms with E-state index in [0.29, 0.717) is 16.6 Å². The molecule has 5 rings (SSSR count). The highest BCUT2D eigenvalue weighted by atomic mass is 35.5. The normalized spacial score (nSPS) is 17.8. The van der Waals surface area contributed by atoms with Crippen molar-refractivity contribution >= 4 is 34.7 Å². The second kappa shape index (κ2) is 8.37. The van der Waals surface area contributed by atoms with Gasteiger partial charge >= 0.3 is 12.1 Å². The zero-order chi connectivity index (χ0) is 26.8. The lowest BCUT2D eigenvalue weighted by Gasteiger charge is -2.23. The Balaban J connectivity index is 1.61. The van der Waals surface area contributed by atoms with Gasteiger partial charge in [-0.3, -0.25) is 4.79 Å². The number of halogens is 6. The quantitative estimate of drug-likeness (QED) is 0.332. The molecule has 1 unspecified atom stereocenters. The Kier molecular flexibility index (Phi) is 5.63. The Morgan fingerprint density at radius 3 is 2.43 bits per heavy atom. The SMILES string of the molecule is CC1(c2ccccc2)C(=O)Nc2nc(-c3nc(CCC(F)(F)C(F)(F)F)n4cc(Cl)ccc34)nc(N)c21. The van der Waals surface area contributed by atoms with E-state index < -0.39 is 30.4 Å². The fourth-order valence-electron chi connectivity index (χ4n) is 4.43. The lowest BCUT2D eigenvalue weighted by Crippen LogP contribution is -2.36. The lowest BCUT2D eigenvalue weighted by molar-refractivity contribution is -0.284. The predicted molar refractivity (Wildman–Crippen MR) is 126 cm³/mol. The molecular formula is C24H18ClF5N6O. The minimum Gasteiger partial charge on any atom is -0.383 e. The van der Waals surface area contributed by atoms with Crippen LogP contribution in [0, 0.1) is 0 Å². The molecule has 0 saturated carbocycles. The first-order valence-electron chi connectivity index (χ1n) is 11.0. The average Bonchev–Trinajstić information content (AvgIpc) is 3.32. The fourth-order valence-corrected chi connectivity index (χ4v) is 4.59. The average molecular weight is 537 g/mol. The molecule has 3 aromatic heterocycles. The summed E-state index contributed by atoms with van der Waals surface area (Å²) in [6.07, 6.45) is -6.57. The van der Waals surface area contributed by atoms with Gasteiger partial charge in [0.2, 0.25) is 5.91 Å². The summed E-state index contributed by atoms with van der Waals surface area (Å²) in [6, 6.07) is 11.9. The molecule has 1 atom stereocenters. The summed E-state index contributed by atoms with van der Waals surface area (Å²) in [5.41, 5.74) is 6.56. The number of amides is 1. The molecule has 0 radical (unpaired) electrons. The van der Waals surface area contributed by atoms with Crippen molar-refractivity contribution < 1.29 is 26.7 Å². The number of rotatable bonds is 5. The van der Waals surface area contributed by atoms with E-state index in [1.165, 1.54) is 22.7 Å². The molecule has 0 bridgehead atoms. The van der Waals surface area contributed by atoms with Crippen molar-refractivity contribution in [3.05, 3.63) is 70.6 Å². The molecular weight excluding hydrogens is 519 g/mol. The maximum atomic E-state index is 13.6. The van der Waals surface area contributed by atoms with Crippen LogP contribution in [0.2, 0.25) is 5.02 Å². The molecule has 37 heavy (non-hydrogen) atoms. The van der Waals surface area contributed by atoms with Crippen molar-refractivity contribution in [3.63, 3.8) is 0 Å². The number of benzene rings is 1. The summed E-state index contributed by atoms with van der Waals surface area (Å²) >= 11 is 6.04. The zero-order valence-electron chi connectivity index (χ0n) is 19.1. The van der Waals surface area contributed by atoms with Gasteiger partial charge in [-0.15, -0.1) is 0 Å². The first kappa shape index (κ1) is 24.9. The number of aromatic nitrogens is 4. The van der Waals surface area contributed by atoms with E-state index in [2.05, 4.69) is 20.3 Å². The Bertz CT molecular complexity index is 1540. The molecule has 13 heteroatoms. The van der Waals surface area contributed by atoms with Gasteiger partial charge in [0.25, 0.3) is 0 Å². The molecule has 192 valence electrons. The lowest BCUT2D eigenvalue weighted by atomic mass is 9.78. The van der Waals surface area contributed by atoms with Crippen molar-refractivity contribution in [2.45, 2.75) is 37.3 Å². The molecule has 1 aliphatic heterocycles. The zero-order valence-corrected chi connectivity index (χ0v) is 19.8. The van der Waals surface area contributed by atoms with E-state index in [4.69, 9.17) is 17.3 Å². The number of hydrogen-bond donors (Lipinski definition) is 2. The van der Waals surface area contributed by atoms with Gasteiger partial charge in [0, 0.05) is 19.0 Å². The number of alkyl halides is 5. The minimum absolute atomic E-state index is 0.00929. The predicted octanol–water partition coefficient (Wildman–Crippen LogP) is 5.42. The maximum Gasteiger partial charge on any atom is 0.453 e. The van der Waals surface area contributed by atoms with E-state index in [-0.39, 0.29) is 39.9 Å². The number of carbonyl (C=O) groups is 1. The number of imidazole rings is 1. The molecule has 7 nitrogen and oxygen atoms in total. The van der Waals surface area contributed by atoms with Crippen molar-refractivity contribution in [1.82, 2.24) is 19.4 Å². The number of aryl methyl sites for hydroxylation is 1. The number of nitrogen functional groups attached to an aromatic ring is 1. The number of anilines is 2. The van der Waals surface area contributed by atoms with Gasteiger partial charge in [0.05, 0.1) is 16.1 Å². The standard InChI is InChI=1S/C24H18ClF5N6O/c1-22(12-5-3-2-4-6-12)16-18(31)33-20(34-19(16)35-21(22)37)17-14-8-7-13(25)11-36(14)15(32-17)9-10-23(26,27)24(28,29)30/h2-8,11H,9-10H2,1H3,(H3,31,33,34,35,37). The van der Waals surface area contributed by atoms with Gasteiger partial charge in [-0.05, 0) is 24.6 Å². The molecule has 4 heterocycles. The number of nitrogens with two attached hydrogens (primary N) is 1. The first-order chi connectivity index (χ1) is 17.3. The number of nitrogens with zero attached hydrogens (tertiary/aromatic N) is 4. The summed E-state index contributed by atoms with van der Waals surface area (Å²) in [4.78, 5) is 26.1. The highest BCUT2D eigenvalue weighted by molar-refractivity contribution is 6.30. The van der Waals surface area contributed by atoms with E-state index >= 15 is 0 Å².